The minimum atomic E-state index is 0.695. The summed E-state index contributed by atoms with van der Waals surface area (Å²) in [7, 11) is 2.07. The number of aromatic nitrogens is 1. The molecular formula is C10H14BrN3. The highest BCUT2D eigenvalue weighted by molar-refractivity contribution is 9.10. The largest absolute Gasteiger partial charge is 0.397 e. The summed E-state index contributed by atoms with van der Waals surface area (Å²) >= 11 is 3.47. The summed E-state index contributed by atoms with van der Waals surface area (Å²) in [6.45, 7) is 1.09. The van der Waals surface area contributed by atoms with Crippen LogP contribution >= 0.6 is 15.9 Å². The number of rotatable bonds is 3. The fourth-order valence-corrected chi connectivity index (χ4v) is 2.17. The normalized spacial score (nSPS) is 15.6. The third-order valence-corrected chi connectivity index (χ3v) is 3.02. The van der Waals surface area contributed by atoms with Crippen LogP contribution in [0.5, 0.6) is 0 Å². The zero-order chi connectivity index (χ0) is 10.1. The Kier molecular flexibility index (Phi) is 2.63. The molecule has 1 heterocycles. The lowest BCUT2D eigenvalue weighted by Gasteiger charge is -2.19. The Bertz CT molecular complexity index is 336. The van der Waals surface area contributed by atoms with E-state index in [0.717, 1.165) is 22.8 Å². The lowest BCUT2D eigenvalue weighted by Crippen LogP contribution is -2.21. The van der Waals surface area contributed by atoms with Gasteiger partial charge in [0.05, 0.1) is 16.4 Å². The molecule has 3 nitrogen and oxygen atoms in total. The Labute approximate surface area is 92.4 Å². The average Bonchev–Trinajstić information content (AvgIpc) is 2.87. The van der Waals surface area contributed by atoms with E-state index in [4.69, 9.17) is 5.73 Å². The molecule has 0 saturated heterocycles. The van der Waals surface area contributed by atoms with Crippen LogP contribution in [0.3, 0.4) is 0 Å². The molecule has 0 unspecified atom stereocenters. The quantitative estimate of drug-likeness (QED) is 0.902. The van der Waals surface area contributed by atoms with Crippen LogP contribution in [0.2, 0.25) is 0 Å². The first kappa shape index (κ1) is 9.77. The zero-order valence-corrected chi connectivity index (χ0v) is 9.79. The van der Waals surface area contributed by atoms with Crippen LogP contribution in [0, 0.1) is 5.92 Å². The second kappa shape index (κ2) is 3.77. The van der Waals surface area contributed by atoms with Gasteiger partial charge in [-0.3, -0.25) is 0 Å². The number of nitrogens with two attached hydrogens (primary N) is 1. The Morgan fingerprint density at radius 1 is 1.64 bits per heavy atom. The number of hydrogen-bond acceptors (Lipinski definition) is 3. The van der Waals surface area contributed by atoms with Crippen molar-refractivity contribution >= 4 is 27.4 Å². The van der Waals surface area contributed by atoms with Crippen LogP contribution in [-0.4, -0.2) is 18.6 Å². The van der Waals surface area contributed by atoms with Gasteiger partial charge in [-0.1, -0.05) is 0 Å². The topological polar surface area (TPSA) is 42.2 Å². The van der Waals surface area contributed by atoms with Crippen molar-refractivity contribution in [1.82, 2.24) is 4.98 Å². The van der Waals surface area contributed by atoms with Gasteiger partial charge in [0.15, 0.2) is 0 Å². The fraction of sp³-hybridized carbons (Fsp3) is 0.500. The standard InChI is InChI=1S/C10H14BrN3/c1-14(6-7-2-3-7)10-9(11)4-8(12)5-13-10/h4-5,7H,2-3,6,12H2,1H3. The molecule has 0 bridgehead atoms. The molecule has 1 aromatic rings. The molecule has 0 amide bonds. The van der Waals surface area contributed by atoms with Crippen molar-refractivity contribution < 1.29 is 0 Å². The zero-order valence-electron chi connectivity index (χ0n) is 8.20. The third kappa shape index (κ3) is 2.18. The summed E-state index contributed by atoms with van der Waals surface area (Å²) < 4.78 is 0.973. The van der Waals surface area contributed by atoms with Gasteiger partial charge in [-0.25, -0.2) is 4.98 Å². The molecule has 1 aliphatic carbocycles. The molecule has 1 aromatic heterocycles. The lowest BCUT2D eigenvalue weighted by atomic mass is 10.3. The molecule has 0 aliphatic heterocycles. The predicted octanol–water partition coefficient (Wildman–Crippen LogP) is 2.27. The van der Waals surface area contributed by atoms with Gasteiger partial charge in [0, 0.05) is 13.6 Å². The Hall–Kier alpha value is -0.770. The first-order valence-electron chi connectivity index (χ1n) is 4.79. The molecule has 0 spiro atoms. The highest BCUT2D eigenvalue weighted by Gasteiger charge is 2.23. The summed E-state index contributed by atoms with van der Waals surface area (Å²) in [5, 5.41) is 0. The highest BCUT2D eigenvalue weighted by Crippen LogP contribution is 2.32. The second-order valence-electron chi connectivity index (χ2n) is 3.90. The number of nitrogen functional groups attached to an aromatic ring is 1. The number of nitrogens with zero attached hydrogens (tertiary/aromatic N) is 2. The van der Waals surface area contributed by atoms with Crippen molar-refractivity contribution in [2.75, 3.05) is 24.2 Å². The van der Waals surface area contributed by atoms with Gasteiger partial charge in [-0.15, -0.1) is 0 Å². The van der Waals surface area contributed by atoms with Crippen molar-refractivity contribution in [1.29, 1.82) is 0 Å². The van der Waals surface area contributed by atoms with Gasteiger partial charge in [-0.2, -0.15) is 0 Å². The molecule has 0 radical (unpaired) electrons. The van der Waals surface area contributed by atoms with Crippen LogP contribution in [-0.2, 0) is 0 Å². The second-order valence-corrected chi connectivity index (χ2v) is 4.75. The number of pyridine rings is 1. The van der Waals surface area contributed by atoms with Crippen molar-refractivity contribution in [3.05, 3.63) is 16.7 Å². The van der Waals surface area contributed by atoms with Gasteiger partial charge >= 0.3 is 0 Å². The maximum atomic E-state index is 5.63. The third-order valence-electron chi connectivity index (χ3n) is 2.43. The van der Waals surface area contributed by atoms with Gasteiger partial charge in [-0.05, 0) is 40.8 Å². The molecular weight excluding hydrogens is 242 g/mol. The number of halogens is 1. The van der Waals surface area contributed by atoms with Crippen LogP contribution in [0.25, 0.3) is 0 Å². The summed E-state index contributed by atoms with van der Waals surface area (Å²) in [5.41, 5.74) is 6.33. The minimum absolute atomic E-state index is 0.695. The Morgan fingerprint density at radius 3 is 2.93 bits per heavy atom. The van der Waals surface area contributed by atoms with E-state index in [1.54, 1.807) is 6.20 Å². The van der Waals surface area contributed by atoms with E-state index in [1.165, 1.54) is 12.8 Å². The van der Waals surface area contributed by atoms with Gasteiger partial charge in [0.1, 0.15) is 5.82 Å². The molecule has 1 aliphatic rings. The van der Waals surface area contributed by atoms with Crippen LogP contribution in [0.15, 0.2) is 16.7 Å². The molecule has 1 fully saturated rings. The number of anilines is 2. The van der Waals surface area contributed by atoms with Gasteiger partial charge < -0.3 is 10.6 Å². The van der Waals surface area contributed by atoms with E-state index in [9.17, 15) is 0 Å². The molecule has 14 heavy (non-hydrogen) atoms. The first-order chi connectivity index (χ1) is 6.66. The van der Waals surface area contributed by atoms with Crippen molar-refractivity contribution in [2.24, 2.45) is 5.92 Å². The summed E-state index contributed by atoms with van der Waals surface area (Å²) in [6, 6.07) is 1.89. The summed E-state index contributed by atoms with van der Waals surface area (Å²) in [5.74, 6) is 1.84. The van der Waals surface area contributed by atoms with E-state index in [0.29, 0.717) is 5.69 Å². The summed E-state index contributed by atoms with van der Waals surface area (Å²) in [4.78, 5) is 6.49. The Morgan fingerprint density at radius 2 is 2.36 bits per heavy atom. The van der Waals surface area contributed by atoms with Crippen molar-refractivity contribution in [3.8, 4) is 0 Å². The Balaban J connectivity index is 2.13. The van der Waals surface area contributed by atoms with Crippen LogP contribution in [0.4, 0.5) is 11.5 Å². The van der Waals surface area contributed by atoms with Crippen LogP contribution < -0.4 is 10.6 Å². The van der Waals surface area contributed by atoms with E-state index < -0.39 is 0 Å². The fourth-order valence-electron chi connectivity index (χ4n) is 1.50. The minimum Gasteiger partial charge on any atom is -0.397 e. The van der Waals surface area contributed by atoms with Crippen molar-refractivity contribution in [2.45, 2.75) is 12.8 Å². The highest BCUT2D eigenvalue weighted by atomic mass is 79.9. The molecule has 4 heteroatoms. The molecule has 76 valence electrons. The van der Waals surface area contributed by atoms with Crippen molar-refractivity contribution in [3.63, 3.8) is 0 Å². The summed E-state index contributed by atoms with van der Waals surface area (Å²) in [6.07, 6.45) is 4.41. The smallest absolute Gasteiger partial charge is 0.142 e. The van der Waals surface area contributed by atoms with E-state index >= 15 is 0 Å². The monoisotopic (exact) mass is 255 g/mol. The van der Waals surface area contributed by atoms with Gasteiger partial charge in [0.2, 0.25) is 0 Å². The molecule has 2 rings (SSSR count). The van der Waals surface area contributed by atoms with E-state index in [1.807, 2.05) is 6.07 Å². The van der Waals surface area contributed by atoms with E-state index in [2.05, 4.69) is 32.9 Å². The maximum absolute atomic E-state index is 5.63. The molecule has 1 saturated carbocycles. The lowest BCUT2D eigenvalue weighted by molar-refractivity contribution is 0.776. The van der Waals surface area contributed by atoms with E-state index in [-0.39, 0.29) is 0 Å². The maximum Gasteiger partial charge on any atom is 0.142 e. The molecule has 0 aromatic carbocycles. The average molecular weight is 256 g/mol. The SMILES string of the molecule is CN(CC1CC1)c1ncc(N)cc1Br. The molecule has 2 N–H and O–H groups in total. The molecule has 0 atom stereocenters. The van der Waals surface area contributed by atoms with Crippen LogP contribution in [0.1, 0.15) is 12.8 Å². The number of hydrogen-bond donors (Lipinski definition) is 1. The van der Waals surface area contributed by atoms with Gasteiger partial charge in [0.25, 0.3) is 0 Å². The first-order valence-corrected chi connectivity index (χ1v) is 5.58. The predicted molar refractivity (Wildman–Crippen MR) is 62.3 cm³/mol.